The van der Waals surface area contributed by atoms with Crippen molar-refractivity contribution in [2.24, 2.45) is 0 Å². The van der Waals surface area contributed by atoms with E-state index >= 15 is 0 Å². The Morgan fingerprint density at radius 3 is 2.85 bits per heavy atom. The molecule has 20 heavy (non-hydrogen) atoms. The third kappa shape index (κ3) is 3.02. The number of halogens is 1. The van der Waals surface area contributed by atoms with Crippen molar-refractivity contribution < 1.29 is 4.74 Å². The van der Waals surface area contributed by atoms with E-state index in [4.69, 9.17) is 16.3 Å². The fraction of sp³-hybridized carbons (Fsp3) is 0.800. The molecule has 0 aromatic carbocycles. The molecular formula is C15H26ClN3O. The molecule has 0 radical (unpaired) electrons. The molecule has 0 aliphatic carbocycles. The standard InChI is InChI=1S/C15H26ClN3O/c1-5-8-17-14(15(4)7-6-9-20-15)13-12(16)10-18-19(13)11(2)3/h10-11,14,17H,5-9H2,1-4H3. The molecule has 2 rings (SSSR count). The highest BCUT2D eigenvalue weighted by Gasteiger charge is 2.41. The first-order valence-corrected chi connectivity index (χ1v) is 7.97. The molecule has 1 aromatic heterocycles. The molecule has 2 heterocycles. The minimum atomic E-state index is -0.203. The molecule has 0 spiro atoms. The van der Waals surface area contributed by atoms with Gasteiger partial charge in [0.1, 0.15) is 0 Å². The molecule has 1 aliphatic heterocycles. The molecule has 0 bridgehead atoms. The number of ether oxygens (including phenoxy) is 1. The maximum atomic E-state index is 6.42. The summed E-state index contributed by atoms with van der Waals surface area (Å²) in [6.45, 7) is 10.4. The molecule has 1 N–H and O–H groups in total. The van der Waals surface area contributed by atoms with E-state index in [2.05, 4.69) is 38.1 Å². The van der Waals surface area contributed by atoms with Gasteiger partial charge in [0.2, 0.25) is 0 Å². The summed E-state index contributed by atoms with van der Waals surface area (Å²) >= 11 is 6.42. The third-order valence-corrected chi connectivity index (χ3v) is 4.30. The number of hydrogen-bond acceptors (Lipinski definition) is 3. The molecule has 0 amide bonds. The van der Waals surface area contributed by atoms with E-state index in [0.717, 1.165) is 43.1 Å². The summed E-state index contributed by atoms with van der Waals surface area (Å²) in [5.41, 5.74) is 0.852. The van der Waals surface area contributed by atoms with Crippen LogP contribution in [0.1, 0.15) is 64.7 Å². The maximum Gasteiger partial charge on any atom is 0.0865 e. The summed E-state index contributed by atoms with van der Waals surface area (Å²) in [5.74, 6) is 0. The number of rotatable bonds is 6. The quantitative estimate of drug-likeness (QED) is 0.870. The molecule has 1 saturated heterocycles. The topological polar surface area (TPSA) is 39.1 Å². The van der Waals surface area contributed by atoms with E-state index in [-0.39, 0.29) is 17.7 Å². The van der Waals surface area contributed by atoms with Gasteiger partial charge >= 0.3 is 0 Å². The zero-order valence-corrected chi connectivity index (χ0v) is 13.7. The number of hydrogen-bond donors (Lipinski definition) is 1. The van der Waals surface area contributed by atoms with Crippen molar-refractivity contribution in [3.63, 3.8) is 0 Å². The molecule has 114 valence electrons. The molecule has 2 atom stereocenters. The van der Waals surface area contributed by atoms with Crippen LogP contribution >= 0.6 is 11.6 Å². The van der Waals surface area contributed by atoms with Gasteiger partial charge in [-0.2, -0.15) is 5.10 Å². The summed E-state index contributed by atoms with van der Waals surface area (Å²) in [7, 11) is 0. The van der Waals surface area contributed by atoms with Gasteiger partial charge in [-0.25, -0.2) is 0 Å². The lowest BCUT2D eigenvalue weighted by Gasteiger charge is -2.35. The zero-order chi connectivity index (χ0) is 14.8. The van der Waals surface area contributed by atoms with Crippen molar-refractivity contribution in [2.75, 3.05) is 13.2 Å². The Hall–Kier alpha value is -0.580. The normalized spacial score (nSPS) is 24.5. The van der Waals surface area contributed by atoms with E-state index in [1.807, 2.05) is 4.68 Å². The van der Waals surface area contributed by atoms with Gasteiger partial charge in [0.05, 0.1) is 28.6 Å². The second-order valence-corrected chi connectivity index (χ2v) is 6.48. The van der Waals surface area contributed by atoms with Crippen LogP contribution in [0.4, 0.5) is 0 Å². The lowest BCUT2D eigenvalue weighted by molar-refractivity contribution is -0.0150. The highest BCUT2D eigenvalue weighted by molar-refractivity contribution is 6.31. The first-order valence-electron chi connectivity index (χ1n) is 7.60. The van der Waals surface area contributed by atoms with Gasteiger partial charge in [-0.1, -0.05) is 18.5 Å². The molecule has 1 fully saturated rings. The van der Waals surface area contributed by atoms with Crippen LogP contribution in [0.25, 0.3) is 0 Å². The van der Waals surface area contributed by atoms with Crippen LogP contribution in [0.2, 0.25) is 5.02 Å². The van der Waals surface area contributed by atoms with Gasteiger partial charge in [0.25, 0.3) is 0 Å². The van der Waals surface area contributed by atoms with Crippen molar-refractivity contribution in [1.82, 2.24) is 15.1 Å². The Morgan fingerprint density at radius 1 is 1.55 bits per heavy atom. The largest absolute Gasteiger partial charge is 0.373 e. The maximum absolute atomic E-state index is 6.42. The van der Waals surface area contributed by atoms with Crippen LogP contribution in [0.3, 0.4) is 0 Å². The fourth-order valence-corrected chi connectivity index (χ4v) is 3.19. The highest BCUT2D eigenvalue weighted by atomic mass is 35.5. The van der Waals surface area contributed by atoms with E-state index < -0.39 is 0 Å². The zero-order valence-electron chi connectivity index (χ0n) is 12.9. The van der Waals surface area contributed by atoms with E-state index in [0.29, 0.717) is 0 Å². The number of nitrogens with zero attached hydrogens (tertiary/aromatic N) is 2. The monoisotopic (exact) mass is 299 g/mol. The number of aromatic nitrogens is 2. The minimum Gasteiger partial charge on any atom is -0.373 e. The highest BCUT2D eigenvalue weighted by Crippen LogP contribution is 2.40. The first-order chi connectivity index (χ1) is 9.49. The van der Waals surface area contributed by atoms with Crippen molar-refractivity contribution in [1.29, 1.82) is 0 Å². The van der Waals surface area contributed by atoms with Crippen molar-refractivity contribution in [3.8, 4) is 0 Å². The van der Waals surface area contributed by atoms with E-state index in [1.165, 1.54) is 0 Å². The Balaban J connectivity index is 2.38. The SMILES string of the molecule is CCCNC(c1c(Cl)cnn1C(C)C)C1(C)CCCO1. The predicted octanol–water partition coefficient (Wildman–Crippen LogP) is 3.73. The van der Waals surface area contributed by atoms with Gasteiger partial charge in [-0.3, -0.25) is 4.68 Å². The summed E-state index contributed by atoms with van der Waals surface area (Å²) < 4.78 is 8.07. The van der Waals surface area contributed by atoms with Crippen LogP contribution in [0, 0.1) is 0 Å². The van der Waals surface area contributed by atoms with Crippen molar-refractivity contribution >= 4 is 11.6 Å². The first kappa shape index (κ1) is 15.8. The van der Waals surface area contributed by atoms with Gasteiger partial charge in [-0.15, -0.1) is 0 Å². The van der Waals surface area contributed by atoms with Gasteiger partial charge in [-0.05, 0) is 46.6 Å². The molecule has 4 nitrogen and oxygen atoms in total. The Kier molecular flexibility index (Phi) is 5.10. The second-order valence-electron chi connectivity index (χ2n) is 6.07. The average molecular weight is 300 g/mol. The van der Waals surface area contributed by atoms with Crippen LogP contribution in [0.5, 0.6) is 0 Å². The minimum absolute atomic E-state index is 0.0855. The Morgan fingerprint density at radius 2 is 2.30 bits per heavy atom. The van der Waals surface area contributed by atoms with Crippen LogP contribution in [-0.4, -0.2) is 28.5 Å². The Bertz CT molecular complexity index is 438. The summed E-state index contributed by atoms with van der Waals surface area (Å²) in [6.07, 6.45) is 4.98. The van der Waals surface area contributed by atoms with E-state index in [9.17, 15) is 0 Å². The smallest absolute Gasteiger partial charge is 0.0865 e. The third-order valence-electron chi connectivity index (χ3n) is 4.01. The molecular weight excluding hydrogens is 274 g/mol. The molecule has 1 aromatic rings. The van der Waals surface area contributed by atoms with Gasteiger partial charge < -0.3 is 10.1 Å². The fourth-order valence-electron chi connectivity index (χ4n) is 2.95. The Labute approximate surface area is 126 Å². The number of nitrogens with one attached hydrogen (secondary N) is 1. The summed E-state index contributed by atoms with van der Waals surface area (Å²) in [6, 6.07) is 0.371. The summed E-state index contributed by atoms with van der Waals surface area (Å²) in [4.78, 5) is 0. The van der Waals surface area contributed by atoms with E-state index in [1.54, 1.807) is 6.20 Å². The molecule has 0 saturated carbocycles. The molecule has 2 unspecified atom stereocenters. The molecule has 1 aliphatic rings. The van der Waals surface area contributed by atoms with Gasteiger partial charge in [0.15, 0.2) is 0 Å². The van der Waals surface area contributed by atoms with Crippen molar-refractivity contribution in [3.05, 3.63) is 16.9 Å². The average Bonchev–Trinajstić information content (AvgIpc) is 2.98. The lowest BCUT2D eigenvalue weighted by atomic mass is 9.90. The van der Waals surface area contributed by atoms with Crippen molar-refractivity contribution in [2.45, 2.75) is 64.6 Å². The summed E-state index contributed by atoms with van der Waals surface area (Å²) in [5, 5.41) is 8.78. The lowest BCUT2D eigenvalue weighted by Crippen LogP contribution is -2.43. The van der Waals surface area contributed by atoms with Gasteiger partial charge in [0, 0.05) is 12.6 Å². The second kappa shape index (κ2) is 6.46. The van der Waals surface area contributed by atoms with Crippen LogP contribution in [-0.2, 0) is 4.74 Å². The van der Waals surface area contributed by atoms with Crippen LogP contribution < -0.4 is 5.32 Å². The molecule has 5 heteroatoms. The predicted molar refractivity (Wildman–Crippen MR) is 82.2 cm³/mol. The van der Waals surface area contributed by atoms with Crippen LogP contribution in [0.15, 0.2) is 6.20 Å².